The van der Waals surface area contributed by atoms with Crippen molar-refractivity contribution in [3.05, 3.63) is 53.5 Å². The Morgan fingerprint density at radius 1 is 1.21 bits per heavy atom. The molecule has 1 amide bonds. The summed E-state index contributed by atoms with van der Waals surface area (Å²) < 4.78 is 18.6. The van der Waals surface area contributed by atoms with Crippen molar-refractivity contribution in [2.24, 2.45) is 0 Å². The third-order valence-electron chi connectivity index (χ3n) is 3.78. The first kappa shape index (κ1) is 15.8. The average molecular weight is 325 g/mol. The lowest BCUT2D eigenvalue weighted by molar-refractivity contribution is -0.112. The Balaban J connectivity index is 1.72. The minimum Gasteiger partial charge on any atom is -0.441 e. The van der Waals surface area contributed by atoms with E-state index in [4.69, 9.17) is 4.42 Å². The molecule has 0 radical (unpaired) electrons. The van der Waals surface area contributed by atoms with Gasteiger partial charge in [-0.05, 0) is 43.2 Å². The van der Waals surface area contributed by atoms with Crippen molar-refractivity contribution in [2.75, 3.05) is 23.3 Å². The molecule has 1 fully saturated rings. The number of halogens is 1. The highest BCUT2D eigenvalue weighted by Crippen LogP contribution is 2.24. The van der Waals surface area contributed by atoms with Gasteiger partial charge in [0.05, 0.1) is 0 Å². The summed E-state index contributed by atoms with van der Waals surface area (Å²) in [5.41, 5.74) is 0.335. The van der Waals surface area contributed by atoms with Gasteiger partial charge in [0.1, 0.15) is 23.2 Å². The Labute approximate surface area is 139 Å². The summed E-state index contributed by atoms with van der Waals surface area (Å²) in [5, 5.41) is 11.8. The van der Waals surface area contributed by atoms with Crippen LogP contribution in [0.15, 0.2) is 46.4 Å². The highest BCUT2D eigenvalue weighted by molar-refractivity contribution is 6.09. The fraction of sp³-hybridized carbons (Fsp3) is 0.222. The number of benzene rings is 1. The molecule has 2 aromatic rings. The van der Waals surface area contributed by atoms with Crippen LogP contribution in [0.2, 0.25) is 0 Å². The molecule has 0 aliphatic carbocycles. The molecular weight excluding hydrogens is 309 g/mol. The predicted molar refractivity (Wildman–Crippen MR) is 88.8 cm³/mol. The number of furan rings is 1. The molecule has 5 nitrogen and oxygen atoms in total. The Bertz CT molecular complexity index is 796. The summed E-state index contributed by atoms with van der Waals surface area (Å²) in [6, 6.07) is 10.8. The van der Waals surface area contributed by atoms with E-state index in [1.165, 1.54) is 30.3 Å². The second kappa shape index (κ2) is 7.01. The van der Waals surface area contributed by atoms with Crippen LogP contribution in [0.5, 0.6) is 0 Å². The molecule has 122 valence electrons. The smallest absolute Gasteiger partial charge is 0.266 e. The molecule has 3 rings (SSSR count). The van der Waals surface area contributed by atoms with Crippen molar-refractivity contribution in [3.63, 3.8) is 0 Å². The molecule has 0 bridgehead atoms. The molecule has 1 aliphatic heterocycles. The topological polar surface area (TPSA) is 69.3 Å². The lowest BCUT2D eigenvalue weighted by Crippen LogP contribution is -2.16. The monoisotopic (exact) mass is 325 g/mol. The van der Waals surface area contributed by atoms with Crippen molar-refractivity contribution >= 4 is 23.6 Å². The molecule has 24 heavy (non-hydrogen) atoms. The number of hydrogen-bond donors (Lipinski definition) is 1. The molecule has 1 aliphatic rings. The van der Waals surface area contributed by atoms with Gasteiger partial charge in [0.25, 0.3) is 5.91 Å². The van der Waals surface area contributed by atoms with Crippen molar-refractivity contribution in [3.8, 4) is 6.07 Å². The zero-order valence-electron chi connectivity index (χ0n) is 13.0. The van der Waals surface area contributed by atoms with Crippen LogP contribution in [0.25, 0.3) is 6.08 Å². The van der Waals surface area contributed by atoms with Crippen molar-refractivity contribution in [1.82, 2.24) is 0 Å². The third kappa shape index (κ3) is 3.63. The minimum absolute atomic E-state index is 0.0818. The Kier molecular flexibility index (Phi) is 4.62. The van der Waals surface area contributed by atoms with E-state index in [1.54, 1.807) is 6.07 Å². The third-order valence-corrected chi connectivity index (χ3v) is 3.78. The number of nitrogens with zero attached hydrogens (tertiary/aromatic N) is 2. The van der Waals surface area contributed by atoms with E-state index in [-0.39, 0.29) is 5.57 Å². The van der Waals surface area contributed by atoms with Gasteiger partial charge < -0.3 is 14.6 Å². The van der Waals surface area contributed by atoms with Crippen LogP contribution in [0.1, 0.15) is 18.6 Å². The standard InChI is InChI=1S/C18H16FN3O2/c19-14-3-5-15(6-4-14)21-18(23)13(12-20)11-16-7-8-17(24-16)22-9-1-2-10-22/h3-8,11H,1-2,9-10H2,(H,21,23). The fourth-order valence-electron chi connectivity index (χ4n) is 2.55. The molecule has 0 unspecified atom stereocenters. The first-order chi connectivity index (χ1) is 11.7. The van der Waals surface area contributed by atoms with Gasteiger partial charge in [-0.15, -0.1) is 0 Å². The van der Waals surface area contributed by atoms with Gasteiger partial charge in [-0.25, -0.2) is 4.39 Å². The van der Waals surface area contributed by atoms with E-state index >= 15 is 0 Å². The number of hydrogen-bond acceptors (Lipinski definition) is 4. The van der Waals surface area contributed by atoms with Gasteiger partial charge in [-0.2, -0.15) is 5.26 Å². The molecule has 6 heteroatoms. The van der Waals surface area contributed by atoms with E-state index in [2.05, 4.69) is 10.2 Å². The number of nitriles is 1. The second-order valence-electron chi connectivity index (χ2n) is 5.50. The zero-order valence-corrected chi connectivity index (χ0v) is 13.0. The van der Waals surface area contributed by atoms with Crippen LogP contribution in [-0.4, -0.2) is 19.0 Å². The molecule has 1 N–H and O–H groups in total. The summed E-state index contributed by atoms with van der Waals surface area (Å²) in [7, 11) is 0. The van der Waals surface area contributed by atoms with Crippen molar-refractivity contribution in [2.45, 2.75) is 12.8 Å². The number of anilines is 2. The summed E-state index contributed by atoms with van der Waals surface area (Å²) in [6.45, 7) is 1.90. The van der Waals surface area contributed by atoms with Gasteiger partial charge >= 0.3 is 0 Å². The molecule has 1 aromatic carbocycles. The number of carbonyl (C=O) groups is 1. The fourth-order valence-corrected chi connectivity index (χ4v) is 2.55. The highest BCUT2D eigenvalue weighted by atomic mass is 19.1. The minimum atomic E-state index is -0.566. The average Bonchev–Trinajstić information content (AvgIpc) is 3.25. The van der Waals surface area contributed by atoms with Crippen molar-refractivity contribution < 1.29 is 13.6 Å². The summed E-state index contributed by atoms with van der Waals surface area (Å²) in [4.78, 5) is 14.3. The Morgan fingerprint density at radius 3 is 2.58 bits per heavy atom. The Hall–Kier alpha value is -3.07. The lowest BCUT2D eigenvalue weighted by atomic mass is 10.2. The predicted octanol–water partition coefficient (Wildman–Crippen LogP) is 3.56. The van der Waals surface area contributed by atoms with Gasteiger partial charge in [0, 0.05) is 30.9 Å². The van der Waals surface area contributed by atoms with E-state index in [0.717, 1.165) is 31.8 Å². The first-order valence-electron chi connectivity index (χ1n) is 7.69. The van der Waals surface area contributed by atoms with Crippen LogP contribution in [-0.2, 0) is 4.79 Å². The maximum absolute atomic E-state index is 12.9. The van der Waals surface area contributed by atoms with Crippen LogP contribution in [0.4, 0.5) is 16.0 Å². The second-order valence-corrected chi connectivity index (χ2v) is 5.50. The largest absolute Gasteiger partial charge is 0.441 e. The quantitative estimate of drug-likeness (QED) is 0.689. The van der Waals surface area contributed by atoms with Gasteiger partial charge in [0.2, 0.25) is 0 Å². The van der Waals surface area contributed by atoms with Gasteiger partial charge in [0.15, 0.2) is 5.88 Å². The number of rotatable bonds is 4. The molecule has 1 aromatic heterocycles. The molecule has 2 heterocycles. The maximum Gasteiger partial charge on any atom is 0.266 e. The summed E-state index contributed by atoms with van der Waals surface area (Å²) in [5.74, 6) is 0.231. The molecule has 0 atom stereocenters. The molecule has 0 spiro atoms. The normalized spacial score (nSPS) is 14.5. The molecular formula is C18H16FN3O2. The Morgan fingerprint density at radius 2 is 1.92 bits per heavy atom. The van der Waals surface area contributed by atoms with Gasteiger partial charge in [-0.3, -0.25) is 4.79 Å². The van der Waals surface area contributed by atoms with E-state index in [9.17, 15) is 14.4 Å². The van der Waals surface area contributed by atoms with E-state index in [1.807, 2.05) is 12.1 Å². The lowest BCUT2D eigenvalue weighted by Gasteiger charge is -2.12. The number of amides is 1. The maximum atomic E-state index is 12.9. The summed E-state index contributed by atoms with van der Waals surface area (Å²) in [6.07, 6.45) is 3.67. The first-order valence-corrected chi connectivity index (χ1v) is 7.69. The number of carbonyl (C=O) groups excluding carboxylic acids is 1. The SMILES string of the molecule is N#CC(=Cc1ccc(N2CCCC2)o1)C(=O)Nc1ccc(F)cc1. The van der Waals surface area contributed by atoms with Gasteiger partial charge in [-0.1, -0.05) is 0 Å². The van der Waals surface area contributed by atoms with E-state index in [0.29, 0.717) is 11.4 Å². The molecule has 1 saturated heterocycles. The molecule has 0 saturated carbocycles. The highest BCUT2D eigenvalue weighted by Gasteiger charge is 2.16. The zero-order chi connectivity index (χ0) is 16.9. The van der Waals surface area contributed by atoms with Crippen LogP contribution in [0.3, 0.4) is 0 Å². The van der Waals surface area contributed by atoms with Crippen LogP contribution < -0.4 is 10.2 Å². The van der Waals surface area contributed by atoms with Crippen LogP contribution >= 0.6 is 0 Å². The van der Waals surface area contributed by atoms with Crippen molar-refractivity contribution in [1.29, 1.82) is 5.26 Å². The summed E-state index contributed by atoms with van der Waals surface area (Å²) >= 11 is 0. The van der Waals surface area contributed by atoms with E-state index < -0.39 is 11.7 Å². The number of nitrogens with one attached hydrogen (secondary N) is 1. The van der Waals surface area contributed by atoms with Crippen LogP contribution in [0, 0.1) is 17.1 Å².